The van der Waals surface area contributed by atoms with Crippen LogP contribution < -0.4 is 11.1 Å². The van der Waals surface area contributed by atoms with E-state index in [1.165, 1.54) is 17.3 Å². The molecule has 0 radical (unpaired) electrons. The third-order valence-corrected chi connectivity index (χ3v) is 5.49. The molecule has 5 N–H and O–H groups in total. The number of nitrogens with zero attached hydrogens (tertiary/aromatic N) is 4. The largest absolute Gasteiger partial charge is 0.398 e. The Morgan fingerprint density at radius 3 is 2.84 bits per heavy atom. The van der Waals surface area contributed by atoms with Gasteiger partial charge in [-0.2, -0.15) is 5.26 Å². The van der Waals surface area contributed by atoms with Crippen LogP contribution in [0.2, 0.25) is 5.02 Å². The zero-order chi connectivity index (χ0) is 23.0. The van der Waals surface area contributed by atoms with Crippen LogP contribution in [0, 0.1) is 22.7 Å². The van der Waals surface area contributed by atoms with Crippen LogP contribution in [0.1, 0.15) is 28.5 Å². The fraction of sp³-hybridized carbons (Fsp3) is 0.238. The predicted octanol–water partition coefficient (Wildman–Crippen LogP) is 1.71. The number of aromatic nitrogens is 3. The summed E-state index contributed by atoms with van der Waals surface area (Å²) in [7, 11) is 0. The number of anilines is 1. The molecule has 4 rings (SSSR count). The van der Waals surface area contributed by atoms with Crippen molar-refractivity contribution in [1.82, 2.24) is 25.2 Å². The van der Waals surface area contributed by atoms with Gasteiger partial charge in [0.05, 0.1) is 29.5 Å². The van der Waals surface area contributed by atoms with E-state index in [1.54, 1.807) is 25.1 Å². The second kappa shape index (κ2) is 8.28. The Morgan fingerprint density at radius 2 is 2.16 bits per heavy atom. The Kier molecular flexibility index (Phi) is 5.50. The first-order chi connectivity index (χ1) is 15.3. The molecule has 1 aromatic carbocycles. The van der Waals surface area contributed by atoms with Crippen LogP contribution >= 0.6 is 11.6 Å². The first-order valence-electron chi connectivity index (χ1n) is 9.76. The van der Waals surface area contributed by atoms with Gasteiger partial charge in [0.25, 0.3) is 5.91 Å². The van der Waals surface area contributed by atoms with Crippen LogP contribution in [-0.2, 0) is 4.79 Å². The molecule has 10 nitrogen and oxygen atoms in total. The second-order valence-corrected chi connectivity index (χ2v) is 7.96. The van der Waals surface area contributed by atoms with E-state index in [2.05, 4.69) is 26.3 Å². The van der Waals surface area contributed by atoms with Gasteiger partial charge >= 0.3 is 0 Å². The SMILES string of the molecule is C[C@@H](NC(=O)c1c[nH]c2ncc(C(=N)c3ccc(Cl)cc3N)nc12)C(=O)N1CC(C#N)C1. The fourth-order valence-electron chi connectivity index (χ4n) is 3.43. The zero-order valence-corrected chi connectivity index (χ0v) is 17.8. The van der Waals surface area contributed by atoms with Gasteiger partial charge in [0.1, 0.15) is 17.3 Å². The molecule has 11 heteroatoms. The molecule has 1 saturated heterocycles. The molecule has 2 amide bonds. The molecule has 162 valence electrons. The van der Waals surface area contributed by atoms with Crippen molar-refractivity contribution in [1.29, 1.82) is 10.7 Å². The Morgan fingerprint density at radius 1 is 1.41 bits per heavy atom. The average molecular weight is 451 g/mol. The number of aromatic amines is 1. The molecule has 0 spiro atoms. The summed E-state index contributed by atoms with van der Waals surface area (Å²) in [6.45, 7) is 2.33. The lowest BCUT2D eigenvalue weighted by molar-refractivity contribution is -0.137. The standard InChI is InChI=1S/C21H19ClN8O2/c1-10(21(32)30-8-11(5-23)9-30)28-20(31)14-6-26-19-18(14)29-16(7-27-19)17(25)13-3-2-12(22)4-15(13)24/h2-4,6-7,10-11,25H,8-9,24H2,1H3,(H,26,27)(H,28,31)/t10-/m1/s1. The monoisotopic (exact) mass is 450 g/mol. The third-order valence-electron chi connectivity index (χ3n) is 5.26. The number of rotatable bonds is 5. The molecule has 0 unspecified atom stereocenters. The lowest BCUT2D eigenvalue weighted by atomic mass is 10.0. The molecule has 3 heterocycles. The maximum absolute atomic E-state index is 12.8. The van der Waals surface area contributed by atoms with Crippen LogP contribution in [-0.4, -0.2) is 56.5 Å². The van der Waals surface area contributed by atoms with Crippen LogP contribution in [0.3, 0.4) is 0 Å². The molecule has 1 aliphatic rings. The van der Waals surface area contributed by atoms with E-state index in [9.17, 15) is 9.59 Å². The normalized spacial score (nSPS) is 14.5. The van der Waals surface area contributed by atoms with E-state index in [1.807, 2.05) is 0 Å². The Hall–Kier alpha value is -3.97. The summed E-state index contributed by atoms with van der Waals surface area (Å²) in [6, 6.07) is 6.13. The van der Waals surface area contributed by atoms with E-state index >= 15 is 0 Å². The number of benzene rings is 1. The third kappa shape index (κ3) is 3.86. The number of carbonyl (C=O) groups excluding carboxylic acids is 2. The highest BCUT2D eigenvalue weighted by Crippen LogP contribution is 2.22. The van der Waals surface area contributed by atoms with Gasteiger partial charge in [-0.1, -0.05) is 11.6 Å². The van der Waals surface area contributed by atoms with Crippen LogP contribution in [0.15, 0.2) is 30.6 Å². The molecule has 1 fully saturated rings. The molecule has 2 aromatic heterocycles. The summed E-state index contributed by atoms with van der Waals surface area (Å²) >= 11 is 5.93. The van der Waals surface area contributed by atoms with Crippen LogP contribution in [0.25, 0.3) is 11.2 Å². The predicted molar refractivity (Wildman–Crippen MR) is 118 cm³/mol. The molecule has 1 atom stereocenters. The molecule has 1 aliphatic heterocycles. The Bertz CT molecular complexity index is 1290. The zero-order valence-electron chi connectivity index (χ0n) is 17.0. The smallest absolute Gasteiger partial charge is 0.255 e. The minimum atomic E-state index is -0.768. The van der Waals surface area contributed by atoms with E-state index in [-0.39, 0.29) is 34.3 Å². The molecule has 0 bridgehead atoms. The summed E-state index contributed by atoms with van der Waals surface area (Å²) in [5.41, 5.74) is 7.84. The van der Waals surface area contributed by atoms with Crippen LogP contribution in [0.4, 0.5) is 5.69 Å². The van der Waals surface area contributed by atoms with Gasteiger partial charge in [0, 0.05) is 35.6 Å². The van der Waals surface area contributed by atoms with Gasteiger partial charge in [-0.05, 0) is 25.1 Å². The minimum absolute atomic E-state index is 0.0366. The van der Waals surface area contributed by atoms with E-state index in [4.69, 9.17) is 28.0 Å². The number of nitrogen functional groups attached to an aromatic ring is 1. The molecular formula is C21H19ClN8O2. The first-order valence-corrected chi connectivity index (χ1v) is 10.1. The number of carbonyl (C=O) groups is 2. The number of nitrogens with two attached hydrogens (primary N) is 1. The van der Waals surface area contributed by atoms with Gasteiger partial charge in [-0.3, -0.25) is 15.0 Å². The van der Waals surface area contributed by atoms with Gasteiger partial charge in [0.15, 0.2) is 5.65 Å². The number of H-pyrrole nitrogens is 1. The summed E-state index contributed by atoms with van der Waals surface area (Å²) < 4.78 is 0. The number of hydrogen-bond acceptors (Lipinski definition) is 7. The van der Waals surface area contributed by atoms with Gasteiger partial charge < -0.3 is 20.9 Å². The van der Waals surface area contributed by atoms with E-state index in [0.717, 1.165) is 0 Å². The van der Waals surface area contributed by atoms with Gasteiger partial charge in [0.2, 0.25) is 5.91 Å². The topological polar surface area (TPSA) is 165 Å². The number of hydrogen-bond donors (Lipinski definition) is 4. The van der Waals surface area contributed by atoms with Crippen molar-refractivity contribution in [3.63, 3.8) is 0 Å². The molecule has 0 aliphatic carbocycles. The van der Waals surface area contributed by atoms with Crippen molar-refractivity contribution < 1.29 is 9.59 Å². The number of amides is 2. The number of nitrogens with one attached hydrogen (secondary N) is 3. The number of likely N-dealkylation sites (tertiary alicyclic amines) is 1. The van der Waals surface area contributed by atoms with Crippen molar-refractivity contribution in [2.45, 2.75) is 13.0 Å². The van der Waals surface area contributed by atoms with Crippen molar-refractivity contribution in [2.24, 2.45) is 5.92 Å². The second-order valence-electron chi connectivity index (χ2n) is 7.53. The molecular weight excluding hydrogens is 432 g/mol. The van der Waals surface area contributed by atoms with Crippen molar-refractivity contribution >= 4 is 46.0 Å². The maximum atomic E-state index is 12.8. The van der Waals surface area contributed by atoms with E-state index in [0.29, 0.717) is 35.0 Å². The number of fused-ring (bicyclic) bond motifs is 1. The summed E-state index contributed by atoms with van der Waals surface area (Å²) in [5, 5.41) is 20.4. The van der Waals surface area contributed by atoms with Crippen LogP contribution in [0.5, 0.6) is 0 Å². The fourth-order valence-corrected chi connectivity index (χ4v) is 3.61. The maximum Gasteiger partial charge on any atom is 0.255 e. The highest BCUT2D eigenvalue weighted by atomic mass is 35.5. The highest BCUT2D eigenvalue weighted by molar-refractivity contribution is 6.31. The lowest BCUT2D eigenvalue weighted by Crippen LogP contribution is -2.55. The summed E-state index contributed by atoms with van der Waals surface area (Å²) in [6.07, 6.45) is 2.87. The average Bonchev–Trinajstić information content (AvgIpc) is 3.15. The molecule has 0 saturated carbocycles. The quantitative estimate of drug-likeness (QED) is 0.341. The minimum Gasteiger partial charge on any atom is -0.398 e. The Labute approximate surface area is 187 Å². The first kappa shape index (κ1) is 21.3. The van der Waals surface area contributed by atoms with Crippen molar-refractivity contribution in [2.75, 3.05) is 18.8 Å². The van der Waals surface area contributed by atoms with Crippen molar-refractivity contribution in [3.05, 3.63) is 52.4 Å². The van der Waals surface area contributed by atoms with Gasteiger partial charge in [-0.15, -0.1) is 0 Å². The molecule has 32 heavy (non-hydrogen) atoms. The highest BCUT2D eigenvalue weighted by Gasteiger charge is 2.33. The summed E-state index contributed by atoms with van der Waals surface area (Å²) in [4.78, 5) is 38.3. The molecule has 3 aromatic rings. The van der Waals surface area contributed by atoms with Crippen molar-refractivity contribution in [3.8, 4) is 6.07 Å². The number of nitriles is 1. The summed E-state index contributed by atoms with van der Waals surface area (Å²) in [5.74, 6) is -0.913. The van der Waals surface area contributed by atoms with Gasteiger partial charge in [-0.25, -0.2) is 9.97 Å². The van der Waals surface area contributed by atoms with E-state index < -0.39 is 11.9 Å². The number of halogens is 1. The Balaban J connectivity index is 1.55. The lowest BCUT2D eigenvalue weighted by Gasteiger charge is -2.37.